The molecule has 140 valence electrons. The molecule has 0 fully saturated rings. The summed E-state index contributed by atoms with van der Waals surface area (Å²) in [6.07, 6.45) is -3.90. The third-order valence-corrected chi connectivity index (χ3v) is 2.86. The molecule has 0 aromatic carbocycles. The Morgan fingerprint density at radius 3 is 0.833 bits per heavy atom. The van der Waals surface area contributed by atoms with Crippen LogP contribution in [0.4, 0.5) is 0 Å². The topological polar surface area (TPSA) is 296 Å². The molecule has 0 aromatic heterocycles. The van der Waals surface area contributed by atoms with E-state index in [1.54, 1.807) is 0 Å². The van der Waals surface area contributed by atoms with Crippen LogP contribution in [0.15, 0.2) is 0 Å². The van der Waals surface area contributed by atoms with E-state index >= 15 is 0 Å². The van der Waals surface area contributed by atoms with E-state index in [-0.39, 0.29) is 47.4 Å². The molecule has 0 unspecified atom stereocenters. The summed E-state index contributed by atoms with van der Waals surface area (Å²) in [6.45, 7) is 0. The van der Waals surface area contributed by atoms with E-state index in [0.29, 0.717) is 0 Å². The smallest absolute Gasteiger partial charge is 1.00 e. The van der Waals surface area contributed by atoms with Gasteiger partial charge >= 0.3 is 53.4 Å². The molecule has 0 saturated heterocycles. The second-order valence-corrected chi connectivity index (χ2v) is 4.59. The van der Waals surface area contributed by atoms with Crippen LogP contribution in [-0.2, 0) is 19.2 Å². The first-order valence-corrected chi connectivity index (χ1v) is 5.37. The minimum atomic E-state index is -2.22. The zero-order chi connectivity index (χ0) is 16.1. The monoisotopic (exact) mass is 370 g/mol. The molecule has 0 amide bonds. The Bertz CT molecular complexity index is 377. The summed E-state index contributed by atoms with van der Waals surface area (Å²) in [5.74, 6) is -6.06. The van der Waals surface area contributed by atoms with Crippen LogP contribution in [0.5, 0.6) is 0 Å². The van der Waals surface area contributed by atoms with Crippen LogP contribution in [0.1, 0.15) is 27.1 Å². The van der Waals surface area contributed by atoms with E-state index in [9.17, 15) is 19.2 Å². The van der Waals surface area contributed by atoms with E-state index in [4.69, 9.17) is 31.9 Å². The molecule has 0 aliphatic rings. The molecule has 0 heterocycles. The van der Waals surface area contributed by atoms with E-state index < -0.39 is 60.6 Å². The Hall–Kier alpha value is -1.32. The molecule has 14 heteroatoms. The zero-order valence-electron chi connectivity index (χ0n) is 13.9. The van der Waals surface area contributed by atoms with Crippen LogP contribution in [0.25, 0.3) is 0 Å². The number of hydrogen-bond acceptors (Lipinski definition) is 6. The van der Waals surface area contributed by atoms with Crippen molar-refractivity contribution >= 4 is 23.9 Å². The van der Waals surface area contributed by atoms with E-state index in [2.05, 4.69) is 0 Å². The summed E-state index contributed by atoms with van der Waals surface area (Å²) >= 11 is 0. The SMILES string of the molecule is NC(CC(=O)O)(CC(=O)O)C(N)(CC(=O)O)CC(=O)O.O.O.O.[H-].[Na+]. The number of aliphatic carboxylic acids is 4. The molecule has 0 radical (unpaired) electrons. The third-order valence-electron chi connectivity index (χ3n) is 2.86. The number of carboxylic acid groups (broad SMARTS) is 4. The average molecular weight is 370 g/mol. The summed E-state index contributed by atoms with van der Waals surface area (Å²) in [4.78, 5) is 43.2. The summed E-state index contributed by atoms with van der Waals surface area (Å²) in [7, 11) is 0. The van der Waals surface area contributed by atoms with E-state index in [1.165, 1.54) is 0 Å². The minimum absolute atomic E-state index is 0. The van der Waals surface area contributed by atoms with Gasteiger partial charge in [0.25, 0.3) is 0 Å². The van der Waals surface area contributed by atoms with Gasteiger partial charge in [0.2, 0.25) is 0 Å². The molecule has 0 aliphatic heterocycles. The van der Waals surface area contributed by atoms with Crippen LogP contribution in [0.3, 0.4) is 0 Å². The minimum Gasteiger partial charge on any atom is -1.00 e. The number of carbonyl (C=O) groups is 4. The fourth-order valence-corrected chi connectivity index (χ4v) is 1.91. The van der Waals surface area contributed by atoms with Crippen molar-refractivity contribution in [2.75, 3.05) is 0 Å². The summed E-state index contributed by atoms with van der Waals surface area (Å²) in [6, 6.07) is 0. The fourth-order valence-electron chi connectivity index (χ4n) is 1.91. The van der Waals surface area contributed by atoms with Gasteiger partial charge in [0, 0.05) is 0 Å². The number of nitrogens with two attached hydrogens (primary N) is 2. The van der Waals surface area contributed by atoms with Gasteiger partial charge < -0.3 is 49.7 Å². The van der Waals surface area contributed by atoms with Gasteiger partial charge in [0.15, 0.2) is 0 Å². The summed E-state index contributed by atoms with van der Waals surface area (Å²) in [5, 5.41) is 35.1. The largest absolute Gasteiger partial charge is 1.00 e. The summed E-state index contributed by atoms with van der Waals surface area (Å²) < 4.78 is 0. The van der Waals surface area contributed by atoms with Crippen molar-refractivity contribution in [3.63, 3.8) is 0 Å². The zero-order valence-corrected chi connectivity index (χ0v) is 14.9. The van der Waals surface area contributed by atoms with Gasteiger partial charge in [0.1, 0.15) is 0 Å². The first kappa shape index (κ1) is 34.1. The molecule has 14 N–H and O–H groups in total. The molecule has 13 nitrogen and oxygen atoms in total. The Morgan fingerprint density at radius 1 is 0.625 bits per heavy atom. The van der Waals surface area contributed by atoms with E-state index in [1.807, 2.05) is 0 Å². The first-order valence-electron chi connectivity index (χ1n) is 5.37. The van der Waals surface area contributed by atoms with Crippen molar-refractivity contribution in [3.05, 3.63) is 0 Å². The molecule has 0 spiro atoms. The summed E-state index contributed by atoms with van der Waals surface area (Å²) in [5.41, 5.74) is 6.88. The van der Waals surface area contributed by atoms with Gasteiger partial charge in [-0.15, -0.1) is 0 Å². The fraction of sp³-hybridized carbons (Fsp3) is 0.600. The van der Waals surface area contributed by atoms with Crippen molar-refractivity contribution in [2.45, 2.75) is 36.8 Å². The van der Waals surface area contributed by atoms with Crippen molar-refractivity contribution < 1.29 is 87.0 Å². The van der Waals surface area contributed by atoms with Gasteiger partial charge in [-0.3, -0.25) is 19.2 Å². The van der Waals surface area contributed by atoms with Crippen LogP contribution in [0, 0.1) is 0 Å². The van der Waals surface area contributed by atoms with Gasteiger partial charge in [-0.1, -0.05) is 0 Å². The Morgan fingerprint density at radius 2 is 0.750 bits per heavy atom. The molecule has 0 rings (SSSR count). The quantitative estimate of drug-likeness (QED) is 0.208. The second kappa shape index (κ2) is 13.0. The van der Waals surface area contributed by atoms with Crippen molar-refractivity contribution in [3.8, 4) is 0 Å². The van der Waals surface area contributed by atoms with Crippen LogP contribution in [-0.4, -0.2) is 71.8 Å². The Balaban J connectivity index is -0.000000180. The van der Waals surface area contributed by atoms with Crippen molar-refractivity contribution in [2.24, 2.45) is 11.5 Å². The van der Waals surface area contributed by atoms with Crippen LogP contribution in [0.2, 0.25) is 0 Å². The molecule has 0 bridgehead atoms. The number of hydrogen-bond donors (Lipinski definition) is 6. The van der Waals surface area contributed by atoms with Gasteiger partial charge in [0.05, 0.1) is 36.8 Å². The third kappa shape index (κ3) is 10.5. The molecular formula is C10H23N2NaO11. The molecule has 0 aliphatic carbocycles. The molecular weight excluding hydrogens is 347 g/mol. The van der Waals surface area contributed by atoms with E-state index in [0.717, 1.165) is 0 Å². The van der Waals surface area contributed by atoms with Gasteiger partial charge in [-0.25, -0.2) is 0 Å². The van der Waals surface area contributed by atoms with Gasteiger partial charge in [-0.05, 0) is 0 Å². The Kier molecular flexibility index (Phi) is 18.5. The second-order valence-electron chi connectivity index (χ2n) is 4.59. The number of carboxylic acids is 4. The first-order chi connectivity index (χ1) is 8.92. The maximum atomic E-state index is 10.8. The normalized spacial score (nSPS) is 9.92. The number of rotatable bonds is 9. The van der Waals surface area contributed by atoms with Crippen LogP contribution < -0.4 is 41.0 Å². The maximum Gasteiger partial charge on any atom is 1.00 e. The average Bonchev–Trinajstić information content (AvgIpc) is 2.10. The Labute approximate surface area is 159 Å². The molecule has 0 saturated carbocycles. The predicted octanol–water partition coefficient (Wildman–Crippen LogP) is -7.08. The molecule has 24 heavy (non-hydrogen) atoms. The standard InChI is InChI=1S/C10H16N2O8.Na.3H2O.H/c11-9(1-5(13)14,2-6(15)16)10(12,3-7(17)18)4-8(19)20;;;;;/h1-4,11-12H2,(H,13,14)(H,15,16)(H,17,18)(H,19,20);;3*1H2;/q;+1;;;;-1. The molecule has 0 atom stereocenters. The van der Waals surface area contributed by atoms with Crippen molar-refractivity contribution in [1.29, 1.82) is 0 Å². The maximum absolute atomic E-state index is 10.8. The molecule has 0 aromatic rings. The van der Waals surface area contributed by atoms with Crippen molar-refractivity contribution in [1.82, 2.24) is 0 Å². The van der Waals surface area contributed by atoms with Gasteiger partial charge in [-0.2, -0.15) is 0 Å². The predicted molar refractivity (Wildman–Crippen MR) is 74.8 cm³/mol. The van der Waals surface area contributed by atoms with Crippen LogP contribution >= 0.6 is 0 Å².